The van der Waals surface area contributed by atoms with Gasteiger partial charge in [0.25, 0.3) is 0 Å². The zero-order valence-corrected chi connectivity index (χ0v) is 10.4. The molecule has 7 heteroatoms. The quantitative estimate of drug-likeness (QED) is 0.855. The van der Waals surface area contributed by atoms with Crippen molar-refractivity contribution in [3.63, 3.8) is 0 Å². The van der Waals surface area contributed by atoms with Crippen LogP contribution in [0.4, 0.5) is 11.8 Å². The predicted molar refractivity (Wildman–Crippen MR) is 67.2 cm³/mol. The first-order valence-corrected chi connectivity index (χ1v) is 5.89. The SMILES string of the molecule is COc1cc(NCc2nc(C)cs2)nc(N)n1. The van der Waals surface area contributed by atoms with Gasteiger partial charge in [0.15, 0.2) is 0 Å². The molecule has 0 aliphatic rings. The molecule has 2 aromatic heterocycles. The summed E-state index contributed by atoms with van der Waals surface area (Å²) in [6, 6.07) is 1.69. The Morgan fingerprint density at radius 1 is 1.41 bits per heavy atom. The maximum absolute atomic E-state index is 5.55. The largest absolute Gasteiger partial charge is 0.481 e. The number of hydrogen-bond donors (Lipinski definition) is 2. The van der Waals surface area contributed by atoms with E-state index in [-0.39, 0.29) is 5.95 Å². The van der Waals surface area contributed by atoms with Crippen molar-refractivity contribution in [1.29, 1.82) is 0 Å². The minimum Gasteiger partial charge on any atom is -0.481 e. The van der Waals surface area contributed by atoms with Gasteiger partial charge in [0.05, 0.1) is 13.7 Å². The number of methoxy groups -OCH3 is 1. The Morgan fingerprint density at radius 3 is 2.88 bits per heavy atom. The number of nitrogens with two attached hydrogens (primary N) is 1. The first kappa shape index (κ1) is 11.6. The molecule has 2 aromatic rings. The number of nitrogens with zero attached hydrogens (tertiary/aromatic N) is 3. The van der Waals surface area contributed by atoms with Crippen LogP contribution in [-0.4, -0.2) is 22.1 Å². The monoisotopic (exact) mass is 251 g/mol. The van der Waals surface area contributed by atoms with Gasteiger partial charge in [0, 0.05) is 17.1 Å². The van der Waals surface area contributed by atoms with E-state index < -0.39 is 0 Å². The lowest BCUT2D eigenvalue weighted by atomic mass is 10.5. The van der Waals surface area contributed by atoms with Crippen LogP contribution in [0.15, 0.2) is 11.4 Å². The molecule has 0 bridgehead atoms. The van der Waals surface area contributed by atoms with Crippen LogP contribution in [0.3, 0.4) is 0 Å². The highest BCUT2D eigenvalue weighted by atomic mass is 32.1. The lowest BCUT2D eigenvalue weighted by molar-refractivity contribution is 0.398. The fourth-order valence-corrected chi connectivity index (χ4v) is 2.00. The van der Waals surface area contributed by atoms with Crippen LogP contribution in [0.2, 0.25) is 0 Å². The van der Waals surface area contributed by atoms with Crippen molar-refractivity contribution >= 4 is 23.1 Å². The molecule has 0 saturated heterocycles. The molecule has 3 N–H and O–H groups in total. The van der Waals surface area contributed by atoms with Gasteiger partial charge in [-0.25, -0.2) is 4.98 Å². The highest BCUT2D eigenvalue weighted by Gasteiger charge is 2.03. The Kier molecular flexibility index (Phi) is 3.38. The molecule has 0 spiro atoms. The Labute approximate surface area is 103 Å². The maximum atomic E-state index is 5.55. The van der Waals surface area contributed by atoms with E-state index in [2.05, 4.69) is 20.3 Å². The summed E-state index contributed by atoms with van der Waals surface area (Å²) in [5.41, 5.74) is 6.57. The number of nitrogens with one attached hydrogen (secondary N) is 1. The van der Waals surface area contributed by atoms with E-state index in [1.54, 1.807) is 17.4 Å². The molecule has 17 heavy (non-hydrogen) atoms. The van der Waals surface area contributed by atoms with Crippen molar-refractivity contribution in [2.75, 3.05) is 18.2 Å². The summed E-state index contributed by atoms with van der Waals surface area (Å²) in [7, 11) is 1.54. The van der Waals surface area contributed by atoms with Crippen LogP contribution in [0.1, 0.15) is 10.7 Å². The van der Waals surface area contributed by atoms with Crippen molar-refractivity contribution < 1.29 is 4.74 Å². The molecule has 0 radical (unpaired) electrons. The van der Waals surface area contributed by atoms with Gasteiger partial charge in [0.2, 0.25) is 11.8 Å². The van der Waals surface area contributed by atoms with E-state index >= 15 is 0 Å². The van der Waals surface area contributed by atoms with Crippen molar-refractivity contribution in [3.05, 3.63) is 22.1 Å². The summed E-state index contributed by atoms with van der Waals surface area (Å²) in [6.07, 6.45) is 0. The highest BCUT2D eigenvalue weighted by molar-refractivity contribution is 7.09. The third-order valence-electron chi connectivity index (χ3n) is 2.02. The number of anilines is 2. The number of thiazole rings is 1. The summed E-state index contributed by atoms with van der Waals surface area (Å²) in [4.78, 5) is 12.3. The topological polar surface area (TPSA) is 86.0 Å². The lowest BCUT2D eigenvalue weighted by Crippen LogP contribution is -2.05. The molecule has 0 aliphatic carbocycles. The predicted octanol–water partition coefficient (Wildman–Crippen LogP) is 1.44. The molecule has 2 heterocycles. The molecule has 6 nitrogen and oxygen atoms in total. The second kappa shape index (κ2) is 4.96. The van der Waals surface area contributed by atoms with Crippen molar-refractivity contribution in [2.24, 2.45) is 0 Å². The molecule has 0 aliphatic heterocycles. The minimum atomic E-state index is 0.183. The van der Waals surface area contributed by atoms with Crippen molar-refractivity contribution in [1.82, 2.24) is 15.0 Å². The zero-order valence-electron chi connectivity index (χ0n) is 9.60. The lowest BCUT2D eigenvalue weighted by Gasteiger charge is -2.06. The maximum Gasteiger partial charge on any atom is 0.225 e. The molecular formula is C10H13N5OS. The standard InChI is InChI=1S/C10H13N5OS/c1-6-5-17-9(13-6)4-12-7-3-8(16-2)15-10(11)14-7/h3,5H,4H2,1-2H3,(H3,11,12,14,15). The highest BCUT2D eigenvalue weighted by Crippen LogP contribution is 2.16. The van der Waals surface area contributed by atoms with Crippen LogP contribution >= 0.6 is 11.3 Å². The van der Waals surface area contributed by atoms with Crippen LogP contribution in [0.25, 0.3) is 0 Å². The second-order valence-corrected chi connectivity index (χ2v) is 4.33. The smallest absolute Gasteiger partial charge is 0.225 e. The third kappa shape index (κ3) is 3.04. The zero-order chi connectivity index (χ0) is 12.3. The average Bonchev–Trinajstić information content (AvgIpc) is 2.72. The van der Waals surface area contributed by atoms with Gasteiger partial charge in [-0.3, -0.25) is 0 Å². The number of hydrogen-bond acceptors (Lipinski definition) is 7. The second-order valence-electron chi connectivity index (χ2n) is 3.39. The van der Waals surface area contributed by atoms with Crippen LogP contribution in [-0.2, 0) is 6.54 Å². The van der Waals surface area contributed by atoms with Gasteiger partial charge in [-0.1, -0.05) is 0 Å². The Bertz CT molecular complexity index is 513. The third-order valence-corrected chi connectivity index (χ3v) is 2.98. The summed E-state index contributed by atoms with van der Waals surface area (Å²) >= 11 is 1.60. The van der Waals surface area contributed by atoms with Gasteiger partial charge in [-0.2, -0.15) is 9.97 Å². The van der Waals surface area contributed by atoms with Gasteiger partial charge < -0.3 is 15.8 Å². The van der Waals surface area contributed by atoms with E-state index in [4.69, 9.17) is 10.5 Å². The van der Waals surface area contributed by atoms with E-state index in [9.17, 15) is 0 Å². The molecule has 0 unspecified atom stereocenters. The summed E-state index contributed by atoms with van der Waals surface area (Å²) in [5.74, 6) is 1.25. The molecular weight excluding hydrogens is 238 g/mol. The average molecular weight is 251 g/mol. The van der Waals surface area contributed by atoms with E-state index in [0.717, 1.165) is 10.7 Å². The molecule has 0 aromatic carbocycles. The van der Waals surface area contributed by atoms with Gasteiger partial charge in [0.1, 0.15) is 10.8 Å². The van der Waals surface area contributed by atoms with Crippen molar-refractivity contribution in [3.8, 4) is 5.88 Å². The summed E-state index contributed by atoms with van der Waals surface area (Å²) < 4.78 is 5.01. The molecule has 0 amide bonds. The van der Waals surface area contributed by atoms with Gasteiger partial charge >= 0.3 is 0 Å². The number of aromatic nitrogens is 3. The van der Waals surface area contributed by atoms with Crippen LogP contribution in [0.5, 0.6) is 5.88 Å². The molecule has 90 valence electrons. The first-order chi connectivity index (χ1) is 8.17. The summed E-state index contributed by atoms with van der Waals surface area (Å²) in [5, 5.41) is 6.13. The number of ether oxygens (including phenoxy) is 1. The van der Waals surface area contributed by atoms with E-state index in [1.165, 1.54) is 7.11 Å². The number of aryl methyl sites for hydroxylation is 1. The Hall–Kier alpha value is -1.89. The Balaban J connectivity index is 2.05. The first-order valence-electron chi connectivity index (χ1n) is 5.01. The van der Waals surface area contributed by atoms with E-state index in [0.29, 0.717) is 18.2 Å². The van der Waals surface area contributed by atoms with Gasteiger partial charge in [-0.15, -0.1) is 11.3 Å². The molecule has 0 fully saturated rings. The fraction of sp³-hybridized carbons (Fsp3) is 0.300. The summed E-state index contributed by atoms with van der Waals surface area (Å²) in [6.45, 7) is 2.57. The normalized spacial score (nSPS) is 10.2. The number of rotatable bonds is 4. The number of nitrogen functional groups attached to an aromatic ring is 1. The Morgan fingerprint density at radius 2 is 2.24 bits per heavy atom. The minimum absolute atomic E-state index is 0.183. The molecule has 0 saturated carbocycles. The van der Waals surface area contributed by atoms with Crippen LogP contribution < -0.4 is 15.8 Å². The fourth-order valence-electron chi connectivity index (χ4n) is 1.29. The van der Waals surface area contributed by atoms with Gasteiger partial charge in [-0.05, 0) is 6.92 Å². The molecule has 2 rings (SSSR count). The van der Waals surface area contributed by atoms with Crippen molar-refractivity contribution in [2.45, 2.75) is 13.5 Å². The van der Waals surface area contributed by atoms with Crippen LogP contribution in [0, 0.1) is 6.92 Å². The van der Waals surface area contributed by atoms with E-state index in [1.807, 2.05) is 12.3 Å². The molecule has 0 atom stereocenters.